The highest BCUT2D eigenvalue weighted by Crippen LogP contribution is 2.13. The molecule has 8 heteroatoms. The normalized spacial score (nSPS) is 10.2. The summed E-state index contributed by atoms with van der Waals surface area (Å²) in [4.78, 5) is 35.4. The summed E-state index contributed by atoms with van der Waals surface area (Å²) in [6.45, 7) is 2.61. The largest absolute Gasteiger partial charge is 0.452 e. The molecule has 0 saturated carbocycles. The molecule has 0 spiro atoms. The highest BCUT2D eigenvalue weighted by Gasteiger charge is 2.14. The number of halogens is 2. The van der Waals surface area contributed by atoms with Crippen molar-refractivity contribution >= 4 is 23.5 Å². The Bertz CT molecular complexity index is 884. The van der Waals surface area contributed by atoms with E-state index in [1.165, 1.54) is 6.07 Å². The van der Waals surface area contributed by atoms with Crippen LogP contribution >= 0.6 is 0 Å². The monoisotopic (exact) mass is 376 g/mol. The average Bonchev–Trinajstić information content (AvgIpc) is 2.63. The van der Waals surface area contributed by atoms with E-state index in [9.17, 15) is 23.2 Å². The van der Waals surface area contributed by atoms with E-state index < -0.39 is 42.6 Å². The molecule has 0 bridgehead atoms. The van der Waals surface area contributed by atoms with Crippen LogP contribution < -0.4 is 10.6 Å². The highest BCUT2D eigenvalue weighted by atomic mass is 19.2. The van der Waals surface area contributed by atoms with Crippen LogP contribution in [0.25, 0.3) is 0 Å². The van der Waals surface area contributed by atoms with Gasteiger partial charge in [0.2, 0.25) is 5.91 Å². The fourth-order valence-corrected chi connectivity index (χ4v) is 2.17. The molecule has 2 aromatic rings. The number of rotatable bonds is 6. The number of carbonyl (C=O) groups is 3. The summed E-state index contributed by atoms with van der Waals surface area (Å²) in [5, 5.41) is 4.57. The molecular formula is C19H18F2N2O4. The summed E-state index contributed by atoms with van der Waals surface area (Å²) < 4.78 is 30.8. The van der Waals surface area contributed by atoms with Crippen LogP contribution in [0.15, 0.2) is 36.4 Å². The minimum absolute atomic E-state index is 0.0505. The molecule has 6 nitrogen and oxygen atoms in total. The first-order chi connectivity index (χ1) is 12.8. The molecule has 0 radical (unpaired) electrons. The van der Waals surface area contributed by atoms with E-state index in [1.807, 2.05) is 13.0 Å². The van der Waals surface area contributed by atoms with Gasteiger partial charge >= 0.3 is 5.97 Å². The summed E-state index contributed by atoms with van der Waals surface area (Å²) >= 11 is 0. The van der Waals surface area contributed by atoms with Crippen molar-refractivity contribution in [3.8, 4) is 0 Å². The molecule has 0 aromatic heterocycles. The molecule has 27 heavy (non-hydrogen) atoms. The number of hydrogen-bond donors (Lipinski definition) is 2. The van der Waals surface area contributed by atoms with Crippen LogP contribution in [0.3, 0.4) is 0 Å². The molecule has 142 valence electrons. The zero-order valence-electron chi connectivity index (χ0n) is 14.8. The topological polar surface area (TPSA) is 84.5 Å². The van der Waals surface area contributed by atoms with Crippen molar-refractivity contribution in [3.63, 3.8) is 0 Å². The third-order valence-corrected chi connectivity index (χ3v) is 3.60. The quantitative estimate of drug-likeness (QED) is 0.759. The molecule has 2 rings (SSSR count). The maximum atomic E-state index is 13.1. The van der Waals surface area contributed by atoms with Gasteiger partial charge in [-0.2, -0.15) is 0 Å². The molecule has 0 unspecified atom stereocenters. The van der Waals surface area contributed by atoms with E-state index in [2.05, 4.69) is 10.6 Å². The maximum Gasteiger partial charge on any atom is 0.338 e. The Morgan fingerprint density at radius 1 is 0.963 bits per heavy atom. The zero-order chi connectivity index (χ0) is 20.0. The Morgan fingerprint density at radius 2 is 1.70 bits per heavy atom. The number of esters is 1. The number of anilines is 1. The SMILES string of the molecule is Cc1ccc(C)c(C(=O)OCC(=O)NCC(=O)Nc2ccc(F)c(F)c2)c1. The number of carbonyl (C=O) groups excluding carboxylic acids is 3. The lowest BCUT2D eigenvalue weighted by atomic mass is 10.1. The number of ether oxygens (including phenoxy) is 1. The Morgan fingerprint density at radius 3 is 2.41 bits per heavy atom. The van der Waals surface area contributed by atoms with Gasteiger partial charge in [-0.05, 0) is 37.6 Å². The second-order valence-electron chi connectivity index (χ2n) is 5.85. The van der Waals surface area contributed by atoms with Gasteiger partial charge in [0.05, 0.1) is 12.1 Å². The second-order valence-corrected chi connectivity index (χ2v) is 5.85. The van der Waals surface area contributed by atoms with Crippen molar-refractivity contribution in [3.05, 3.63) is 64.7 Å². The van der Waals surface area contributed by atoms with Gasteiger partial charge in [0.1, 0.15) is 0 Å². The van der Waals surface area contributed by atoms with Crippen molar-refractivity contribution in [2.75, 3.05) is 18.5 Å². The average molecular weight is 376 g/mol. The van der Waals surface area contributed by atoms with Gasteiger partial charge in [-0.1, -0.05) is 17.7 Å². The van der Waals surface area contributed by atoms with Gasteiger partial charge < -0.3 is 15.4 Å². The molecule has 0 aliphatic rings. The van der Waals surface area contributed by atoms with E-state index >= 15 is 0 Å². The molecular weight excluding hydrogens is 358 g/mol. The Kier molecular flexibility index (Phi) is 6.59. The van der Waals surface area contributed by atoms with Crippen LogP contribution in [0, 0.1) is 25.5 Å². The standard InChI is InChI=1S/C19H18F2N2O4/c1-11-3-4-12(2)14(7-11)19(26)27-10-18(25)22-9-17(24)23-13-5-6-15(20)16(21)8-13/h3-8H,9-10H2,1-2H3,(H,22,25)(H,23,24). The second kappa shape index (κ2) is 8.88. The molecule has 0 saturated heterocycles. The van der Waals surface area contributed by atoms with Crippen molar-refractivity contribution in [2.45, 2.75) is 13.8 Å². The summed E-state index contributed by atoms with van der Waals surface area (Å²) in [5.74, 6) is -4.09. The Labute approximate surface area is 154 Å². The lowest BCUT2D eigenvalue weighted by Gasteiger charge is -2.09. The van der Waals surface area contributed by atoms with Gasteiger partial charge in [-0.15, -0.1) is 0 Å². The smallest absolute Gasteiger partial charge is 0.338 e. The Balaban J connectivity index is 1.78. The third-order valence-electron chi connectivity index (χ3n) is 3.60. The van der Waals surface area contributed by atoms with E-state index in [4.69, 9.17) is 4.74 Å². The van der Waals surface area contributed by atoms with Gasteiger partial charge in [-0.3, -0.25) is 9.59 Å². The fraction of sp³-hybridized carbons (Fsp3) is 0.211. The van der Waals surface area contributed by atoms with E-state index in [0.29, 0.717) is 5.56 Å². The third kappa shape index (κ3) is 5.88. The van der Waals surface area contributed by atoms with Crippen LogP contribution in [0.4, 0.5) is 14.5 Å². The molecule has 0 atom stereocenters. The van der Waals surface area contributed by atoms with Crippen molar-refractivity contribution in [1.82, 2.24) is 5.32 Å². The summed E-state index contributed by atoms with van der Waals surface area (Å²) in [6, 6.07) is 8.16. The first kappa shape index (κ1) is 20.0. The summed E-state index contributed by atoms with van der Waals surface area (Å²) in [7, 11) is 0. The van der Waals surface area contributed by atoms with Gasteiger partial charge in [-0.25, -0.2) is 13.6 Å². The summed E-state index contributed by atoms with van der Waals surface area (Å²) in [5.41, 5.74) is 2.01. The maximum absolute atomic E-state index is 13.1. The Hall–Kier alpha value is -3.29. The fourth-order valence-electron chi connectivity index (χ4n) is 2.17. The van der Waals surface area contributed by atoms with Crippen LogP contribution in [0.5, 0.6) is 0 Å². The lowest BCUT2D eigenvalue weighted by molar-refractivity contribution is -0.126. The van der Waals surface area contributed by atoms with E-state index in [1.54, 1.807) is 19.1 Å². The first-order valence-electron chi connectivity index (χ1n) is 8.02. The van der Waals surface area contributed by atoms with Crippen molar-refractivity contribution < 1.29 is 27.9 Å². The van der Waals surface area contributed by atoms with Gasteiger partial charge in [0.25, 0.3) is 5.91 Å². The lowest BCUT2D eigenvalue weighted by Crippen LogP contribution is -2.35. The van der Waals surface area contributed by atoms with Crippen LogP contribution in [-0.2, 0) is 14.3 Å². The molecule has 0 fully saturated rings. The molecule has 2 aromatic carbocycles. The number of amides is 2. The zero-order valence-corrected chi connectivity index (χ0v) is 14.8. The van der Waals surface area contributed by atoms with Crippen LogP contribution in [-0.4, -0.2) is 30.9 Å². The van der Waals surface area contributed by atoms with Crippen molar-refractivity contribution in [2.24, 2.45) is 0 Å². The highest BCUT2D eigenvalue weighted by molar-refractivity contribution is 5.96. The molecule has 0 heterocycles. The van der Waals surface area contributed by atoms with E-state index in [0.717, 1.165) is 23.3 Å². The predicted molar refractivity (Wildman–Crippen MR) is 94.2 cm³/mol. The molecule has 2 amide bonds. The number of benzene rings is 2. The molecule has 2 N–H and O–H groups in total. The first-order valence-corrected chi connectivity index (χ1v) is 8.02. The minimum atomic E-state index is -1.10. The number of hydrogen-bond acceptors (Lipinski definition) is 4. The van der Waals surface area contributed by atoms with Gasteiger partial charge in [0, 0.05) is 11.8 Å². The van der Waals surface area contributed by atoms with Crippen molar-refractivity contribution in [1.29, 1.82) is 0 Å². The minimum Gasteiger partial charge on any atom is -0.452 e. The predicted octanol–water partition coefficient (Wildman–Crippen LogP) is 2.49. The molecule has 0 aliphatic heterocycles. The summed E-state index contributed by atoms with van der Waals surface area (Å²) in [6.07, 6.45) is 0. The van der Waals surface area contributed by atoms with Crippen LogP contribution in [0.1, 0.15) is 21.5 Å². The number of nitrogens with one attached hydrogen (secondary N) is 2. The van der Waals surface area contributed by atoms with E-state index in [-0.39, 0.29) is 5.69 Å². The number of aryl methyl sites for hydroxylation is 2. The van der Waals surface area contributed by atoms with Gasteiger partial charge in [0.15, 0.2) is 18.2 Å². The molecule has 0 aliphatic carbocycles. The van der Waals surface area contributed by atoms with Crippen LogP contribution in [0.2, 0.25) is 0 Å².